The van der Waals surface area contributed by atoms with Crippen molar-refractivity contribution in [3.8, 4) is 17.3 Å². The molecule has 0 radical (unpaired) electrons. The minimum atomic E-state index is -0.357. The molecule has 4 heteroatoms. The van der Waals surface area contributed by atoms with Crippen LogP contribution in [0.25, 0.3) is 22.2 Å². The van der Waals surface area contributed by atoms with E-state index in [1.807, 2.05) is 30.6 Å². The van der Waals surface area contributed by atoms with E-state index in [1.165, 1.54) is 5.39 Å². The Morgan fingerprint density at radius 2 is 2.11 bits per heavy atom. The van der Waals surface area contributed by atoms with Crippen LogP contribution in [0.1, 0.15) is 18.7 Å². The molecule has 0 bridgehead atoms. The number of benzene rings is 1. The van der Waals surface area contributed by atoms with Crippen molar-refractivity contribution in [3.05, 3.63) is 42.5 Å². The predicted molar refractivity (Wildman–Crippen MR) is 72.4 cm³/mol. The molecule has 2 N–H and O–H groups in total. The van der Waals surface area contributed by atoms with Crippen molar-refractivity contribution in [3.63, 3.8) is 0 Å². The molecule has 1 saturated carbocycles. The highest BCUT2D eigenvalue weighted by Gasteiger charge is 2.47. The quantitative estimate of drug-likeness (QED) is 0.731. The summed E-state index contributed by atoms with van der Waals surface area (Å²) in [7, 11) is 0. The lowest BCUT2D eigenvalue weighted by Crippen LogP contribution is -2.04. The maximum Gasteiger partial charge on any atom is 0.127 e. The Kier molecular flexibility index (Phi) is 1.91. The number of aromatic amines is 2. The van der Waals surface area contributed by atoms with Crippen molar-refractivity contribution in [1.29, 1.82) is 5.26 Å². The number of hydrogen-bond acceptors (Lipinski definition) is 2. The standard InChI is InChI=1S/C15H12N4/c16-9-15(5-6-15)14-18-8-13(19-14)11-7-17-12-4-2-1-3-10(11)12/h1-4,7-8,17H,5-6H2,(H,18,19). The maximum absolute atomic E-state index is 9.21. The number of para-hydroxylation sites is 1. The van der Waals surface area contributed by atoms with E-state index in [-0.39, 0.29) is 5.41 Å². The highest BCUT2D eigenvalue weighted by atomic mass is 15.0. The maximum atomic E-state index is 9.21. The number of hydrogen-bond donors (Lipinski definition) is 2. The average molecular weight is 248 g/mol. The highest BCUT2D eigenvalue weighted by molar-refractivity contribution is 5.94. The average Bonchev–Trinajstić information content (AvgIpc) is 2.90. The van der Waals surface area contributed by atoms with Crippen LogP contribution in [0.2, 0.25) is 0 Å². The lowest BCUT2D eigenvalue weighted by atomic mass is 10.1. The molecular weight excluding hydrogens is 236 g/mol. The largest absolute Gasteiger partial charge is 0.360 e. The second kappa shape index (κ2) is 3.48. The summed E-state index contributed by atoms with van der Waals surface area (Å²) in [5.74, 6) is 0.801. The molecule has 3 aromatic rings. The van der Waals surface area contributed by atoms with Gasteiger partial charge >= 0.3 is 0 Å². The molecular formula is C15H12N4. The molecule has 0 aliphatic heterocycles. The molecule has 1 fully saturated rings. The second-order valence-electron chi connectivity index (χ2n) is 5.09. The van der Waals surface area contributed by atoms with Crippen LogP contribution >= 0.6 is 0 Å². The first-order valence-electron chi connectivity index (χ1n) is 6.36. The summed E-state index contributed by atoms with van der Waals surface area (Å²) in [6, 6.07) is 10.5. The van der Waals surface area contributed by atoms with Gasteiger partial charge in [0.1, 0.15) is 11.2 Å². The van der Waals surface area contributed by atoms with Crippen LogP contribution in [0.4, 0.5) is 0 Å². The van der Waals surface area contributed by atoms with Crippen molar-refractivity contribution < 1.29 is 0 Å². The molecule has 0 spiro atoms. The Hall–Kier alpha value is -2.54. The Morgan fingerprint density at radius 3 is 2.89 bits per heavy atom. The third-order valence-corrected chi connectivity index (χ3v) is 3.87. The monoisotopic (exact) mass is 248 g/mol. The number of rotatable bonds is 2. The van der Waals surface area contributed by atoms with Crippen molar-refractivity contribution in [1.82, 2.24) is 15.0 Å². The van der Waals surface area contributed by atoms with E-state index >= 15 is 0 Å². The number of aromatic nitrogens is 3. The van der Waals surface area contributed by atoms with Gasteiger partial charge in [0.15, 0.2) is 0 Å². The summed E-state index contributed by atoms with van der Waals surface area (Å²) >= 11 is 0. The predicted octanol–water partition coefficient (Wildman–Crippen LogP) is 3.11. The zero-order chi connectivity index (χ0) is 12.9. The zero-order valence-corrected chi connectivity index (χ0v) is 10.3. The van der Waals surface area contributed by atoms with Gasteiger partial charge in [0.05, 0.1) is 18.0 Å². The summed E-state index contributed by atoms with van der Waals surface area (Å²) in [5, 5.41) is 10.4. The lowest BCUT2D eigenvalue weighted by molar-refractivity contribution is 0.822. The van der Waals surface area contributed by atoms with Gasteiger partial charge in [0.2, 0.25) is 0 Å². The first-order chi connectivity index (χ1) is 9.32. The van der Waals surface area contributed by atoms with Crippen molar-refractivity contribution in [2.24, 2.45) is 0 Å². The molecule has 0 unspecified atom stereocenters. The van der Waals surface area contributed by atoms with Crippen LogP contribution < -0.4 is 0 Å². The second-order valence-corrected chi connectivity index (χ2v) is 5.09. The zero-order valence-electron chi connectivity index (χ0n) is 10.3. The number of fused-ring (bicyclic) bond motifs is 1. The van der Waals surface area contributed by atoms with Gasteiger partial charge < -0.3 is 9.97 Å². The number of H-pyrrole nitrogens is 2. The van der Waals surface area contributed by atoms with E-state index in [1.54, 1.807) is 0 Å². The molecule has 0 atom stereocenters. The number of nitrogens with zero attached hydrogens (tertiary/aromatic N) is 2. The molecule has 1 aromatic carbocycles. The first-order valence-corrected chi connectivity index (χ1v) is 6.36. The topological polar surface area (TPSA) is 68.3 Å². The molecule has 2 heterocycles. The highest BCUT2D eigenvalue weighted by Crippen LogP contribution is 2.46. The van der Waals surface area contributed by atoms with Crippen molar-refractivity contribution in [2.45, 2.75) is 18.3 Å². The van der Waals surface area contributed by atoms with Gasteiger partial charge in [0.25, 0.3) is 0 Å². The van der Waals surface area contributed by atoms with Crippen molar-refractivity contribution >= 4 is 10.9 Å². The van der Waals surface area contributed by atoms with Gasteiger partial charge in [-0.2, -0.15) is 5.26 Å². The van der Waals surface area contributed by atoms with E-state index in [0.717, 1.165) is 35.4 Å². The number of nitriles is 1. The normalized spacial score (nSPS) is 16.4. The minimum Gasteiger partial charge on any atom is -0.360 e. The Balaban J connectivity index is 1.83. The molecule has 0 saturated heterocycles. The SMILES string of the molecule is N#CC1(c2ncc(-c3c[nH]c4ccccc34)[nH]2)CC1. The van der Waals surface area contributed by atoms with Gasteiger partial charge in [-0.05, 0) is 18.9 Å². The van der Waals surface area contributed by atoms with Gasteiger partial charge in [-0.1, -0.05) is 18.2 Å². The van der Waals surface area contributed by atoms with E-state index in [0.29, 0.717) is 0 Å². The van der Waals surface area contributed by atoms with Crippen LogP contribution in [-0.2, 0) is 5.41 Å². The first kappa shape index (κ1) is 10.4. The van der Waals surface area contributed by atoms with Gasteiger partial charge in [-0.3, -0.25) is 0 Å². The van der Waals surface area contributed by atoms with Crippen LogP contribution in [0.15, 0.2) is 36.7 Å². The Morgan fingerprint density at radius 1 is 1.26 bits per heavy atom. The number of imidazole rings is 1. The molecule has 1 aliphatic rings. The van der Waals surface area contributed by atoms with Gasteiger partial charge in [-0.25, -0.2) is 4.98 Å². The lowest BCUT2D eigenvalue weighted by Gasteiger charge is -1.99. The van der Waals surface area contributed by atoms with E-state index in [4.69, 9.17) is 0 Å². The smallest absolute Gasteiger partial charge is 0.127 e. The van der Waals surface area contributed by atoms with E-state index in [9.17, 15) is 5.26 Å². The Bertz CT molecular complexity index is 799. The third kappa shape index (κ3) is 1.42. The van der Waals surface area contributed by atoms with E-state index in [2.05, 4.69) is 27.1 Å². The fourth-order valence-electron chi connectivity index (χ4n) is 2.52. The van der Waals surface area contributed by atoms with Crippen LogP contribution in [-0.4, -0.2) is 15.0 Å². The van der Waals surface area contributed by atoms with Gasteiger partial charge in [0, 0.05) is 22.7 Å². The summed E-state index contributed by atoms with van der Waals surface area (Å²) in [6.07, 6.45) is 5.62. The number of nitrogens with one attached hydrogen (secondary N) is 2. The molecule has 4 rings (SSSR count). The summed E-state index contributed by atoms with van der Waals surface area (Å²) in [4.78, 5) is 11.0. The third-order valence-electron chi connectivity index (χ3n) is 3.87. The fourth-order valence-corrected chi connectivity index (χ4v) is 2.52. The van der Waals surface area contributed by atoms with Gasteiger partial charge in [-0.15, -0.1) is 0 Å². The molecule has 0 amide bonds. The van der Waals surface area contributed by atoms with Crippen molar-refractivity contribution in [2.75, 3.05) is 0 Å². The summed E-state index contributed by atoms with van der Waals surface area (Å²) in [6.45, 7) is 0. The van der Waals surface area contributed by atoms with Crippen LogP contribution in [0, 0.1) is 11.3 Å². The molecule has 1 aliphatic carbocycles. The fraction of sp³-hybridized carbons (Fsp3) is 0.200. The van der Waals surface area contributed by atoms with Crippen LogP contribution in [0.3, 0.4) is 0 Å². The van der Waals surface area contributed by atoms with E-state index < -0.39 is 0 Å². The summed E-state index contributed by atoms with van der Waals surface area (Å²) in [5.41, 5.74) is 2.82. The minimum absolute atomic E-state index is 0.357. The Labute approximate surface area is 110 Å². The summed E-state index contributed by atoms with van der Waals surface area (Å²) < 4.78 is 0. The van der Waals surface area contributed by atoms with Crippen LogP contribution in [0.5, 0.6) is 0 Å². The molecule has 2 aromatic heterocycles. The molecule has 19 heavy (non-hydrogen) atoms. The molecule has 4 nitrogen and oxygen atoms in total. The molecule has 92 valence electrons.